The molecule has 1 aromatic rings. The Morgan fingerprint density at radius 3 is 2.81 bits per heavy atom. The number of carboxylic acids is 1. The molecule has 0 unspecified atom stereocenters. The van der Waals surface area contributed by atoms with Crippen LogP contribution >= 0.6 is 0 Å². The highest BCUT2D eigenvalue weighted by Gasteiger charge is 2.14. The number of nitro groups is 1. The SMILES string of the molecule is COc1ccc(N=CC(=O)O)c([N+](=O)[O-])c1. The number of hydrogen-bond donors (Lipinski definition) is 1. The molecule has 0 spiro atoms. The summed E-state index contributed by atoms with van der Waals surface area (Å²) in [5, 5.41) is 19.0. The van der Waals surface area contributed by atoms with Crippen molar-refractivity contribution in [3.8, 4) is 5.75 Å². The van der Waals surface area contributed by atoms with Gasteiger partial charge in [0.25, 0.3) is 5.69 Å². The molecule has 0 saturated carbocycles. The Balaban J connectivity index is 3.18. The monoisotopic (exact) mass is 224 g/mol. The van der Waals surface area contributed by atoms with Crippen molar-refractivity contribution >= 4 is 23.6 Å². The molecule has 0 saturated heterocycles. The van der Waals surface area contributed by atoms with Gasteiger partial charge in [-0.1, -0.05) is 0 Å². The van der Waals surface area contributed by atoms with Crippen LogP contribution < -0.4 is 4.74 Å². The predicted molar refractivity (Wildman–Crippen MR) is 55.4 cm³/mol. The maximum Gasteiger partial charge on any atom is 0.346 e. The van der Waals surface area contributed by atoms with Crippen LogP contribution in [-0.4, -0.2) is 29.3 Å². The third-order valence-corrected chi connectivity index (χ3v) is 1.69. The molecule has 1 aromatic carbocycles. The van der Waals surface area contributed by atoms with Crippen LogP contribution in [0.4, 0.5) is 11.4 Å². The highest BCUT2D eigenvalue weighted by Crippen LogP contribution is 2.30. The molecular formula is C9H8N2O5. The van der Waals surface area contributed by atoms with E-state index < -0.39 is 10.9 Å². The Morgan fingerprint density at radius 2 is 2.31 bits per heavy atom. The van der Waals surface area contributed by atoms with E-state index in [1.807, 2.05) is 0 Å². The number of carbonyl (C=O) groups is 1. The zero-order chi connectivity index (χ0) is 12.1. The number of methoxy groups -OCH3 is 1. The maximum absolute atomic E-state index is 10.7. The molecule has 1 N–H and O–H groups in total. The lowest BCUT2D eigenvalue weighted by molar-refractivity contribution is -0.384. The van der Waals surface area contributed by atoms with E-state index in [4.69, 9.17) is 9.84 Å². The average molecular weight is 224 g/mol. The maximum atomic E-state index is 10.7. The van der Waals surface area contributed by atoms with Gasteiger partial charge in [-0.15, -0.1) is 0 Å². The van der Waals surface area contributed by atoms with Crippen molar-refractivity contribution in [1.29, 1.82) is 0 Å². The van der Waals surface area contributed by atoms with Gasteiger partial charge >= 0.3 is 5.97 Å². The van der Waals surface area contributed by atoms with Crippen LogP contribution in [0.5, 0.6) is 5.75 Å². The molecule has 7 nitrogen and oxygen atoms in total. The molecule has 84 valence electrons. The Kier molecular flexibility index (Phi) is 3.54. The molecular weight excluding hydrogens is 216 g/mol. The van der Waals surface area contributed by atoms with Gasteiger partial charge in [-0.05, 0) is 12.1 Å². The first-order chi connectivity index (χ1) is 7.54. The summed E-state index contributed by atoms with van der Waals surface area (Å²) in [7, 11) is 1.37. The quantitative estimate of drug-likeness (QED) is 0.473. The fraction of sp³-hybridized carbons (Fsp3) is 0.111. The topological polar surface area (TPSA) is 102 Å². The number of ether oxygens (including phenoxy) is 1. The Bertz CT molecular complexity index is 455. The third kappa shape index (κ3) is 2.77. The largest absolute Gasteiger partial charge is 0.496 e. The second kappa shape index (κ2) is 4.87. The molecule has 0 amide bonds. The van der Waals surface area contributed by atoms with Crippen LogP contribution in [0.2, 0.25) is 0 Å². The molecule has 0 atom stereocenters. The minimum Gasteiger partial charge on any atom is -0.496 e. The van der Waals surface area contributed by atoms with Crippen molar-refractivity contribution in [3.05, 3.63) is 28.3 Å². The molecule has 0 fully saturated rings. The molecule has 16 heavy (non-hydrogen) atoms. The first-order valence-corrected chi connectivity index (χ1v) is 4.14. The fourth-order valence-corrected chi connectivity index (χ4v) is 1.01. The lowest BCUT2D eigenvalue weighted by Crippen LogP contribution is -1.95. The van der Waals surface area contributed by atoms with Crippen LogP contribution in [0.15, 0.2) is 23.2 Å². The van der Waals surface area contributed by atoms with Gasteiger partial charge in [-0.3, -0.25) is 10.1 Å². The summed E-state index contributed by atoms with van der Waals surface area (Å²) in [6, 6.07) is 3.95. The van der Waals surface area contributed by atoms with E-state index in [0.29, 0.717) is 12.0 Å². The molecule has 0 aliphatic rings. The average Bonchev–Trinajstić information content (AvgIpc) is 2.25. The van der Waals surface area contributed by atoms with Gasteiger partial charge in [0.05, 0.1) is 18.1 Å². The van der Waals surface area contributed by atoms with E-state index in [9.17, 15) is 14.9 Å². The molecule has 7 heteroatoms. The van der Waals surface area contributed by atoms with E-state index in [2.05, 4.69) is 4.99 Å². The summed E-state index contributed by atoms with van der Waals surface area (Å²) in [4.78, 5) is 23.7. The zero-order valence-corrected chi connectivity index (χ0v) is 8.28. The summed E-state index contributed by atoms with van der Waals surface area (Å²) in [6.45, 7) is 0. The highest BCUT2D eigenvalue weighted by atomic mass is 16.6. The summed E-state index contributed by atoms with van der Waals surface area (Å²) in [5.74, 6) is -0.967. The minimum absolute atomic E-state index is 0.0341. The van der Waals surface area contributed by atoms with Crippen molar-refractivity contribution in [3.63, 3.8) is 0 Å². The van der Waals surface area contributed by atoms with E-state index in [1.165, 1.54) is 25.3 Å². The lowest BCUT2D eigenvalue weighted by Gasteiger charge is -2.00. The van der Waals surface area contributed by atoms with Crippen LogP contribution in [-0.2, 0) is 4.79 Å². The third-order valence-electron chi connectivity index (χ3n) is 1.69. The fourth-order valence-electron chi connectivity index (χ4n) is 1.01. The number of aliphatic imine (C=N–C) groups is 1. The molecule has 0 aliphatic carbocycles. The number of rotatable bonds is 4. The first-order valence-electron chi connectivity index (χ1n) is 4.14. The van der Waals surface area contributed by atoms with Gasteiger partial charge in [0, 0.05) is 0 Å². The first kappa shape index (κ1) is 11.6. The molecule has 0 aliphatic heterocycles. The van der Waals surface area contributed by atoms with Crippen molar-refractivity contribution in [2.45, 2.75) is 0 Å². The number of benzene rings is 1. The van der Waals surface area contributed by atoms with Crippen molar-refractivity contribution in [2.75, 3.05) is 7.11 Å². The second-order valence-electron chi connectivity index (χ2n) is 2.71. The van der Waals surface area contributed by atoms with Crippen molar-refractivity contribution < 1.29 is 19.6 Å². The van der Waals surface area contributed by atoms with Crippen molar-refractivity contribution in [1.82, 2.24) is 0 Å². The molecule has 0 radical (unpaired) electrons. The van der Waals surface area contributed by atoms with E-state index in [1.54, 1.807) is 0 Å². The number of nitro benzene ring substituents is 1. The van der Waals surface area contributed by atoms with E-state index >= 15 is 0 Å². The number of hydrogen-bond acceptors (Lipinski definition) is 5. The normalized spacial score (nSPS) is 10.3. The number of nitrogens with zero attached hydrogens (tertiary/aromatic N) is 2. The van der Waals surface area contributed by atoms with E-state index in [0.717, 1.165) is 0 Å². The summed E-state index contributed by atoms with van der Waals surface area (Å²) < 4.78 is 4.81. The summed E-state index contributed by atoms with van der Waals surface area (Å²) in [6.07, 6.45) is 0.592. The number of aliphatic carboxylic acids is 1. The highest BCUT2D eigenvalue weighted by molar-refractivity contribution is 6.22. The minimum atomic E-state index is -1.27. The molecule has 0 heterocycles. The van der Waals surface area contributed by atoms with Gasteiger partial charge in [0.2, 0.25) is 0 Å². The molecule has 1 rings (SSSR count). The number of carboxylic acid groups (broad SMARTS) is 1. The van der Waals surface area contributed by atoms with Gasteiger partial charge < -0.3 is 9.84 Å². The summed E-state index contributed by atoms with van der Waals surface area (Å²) >= 11 is 0. The van der Waals surface area contributed by atoms with E-state index in [-0.39, 0.29) is 11.4 Å². The standard InChI is InChI=1S/C9H8N2O5/c1-16-6-2-3-7(10-5-9(12)13)8(4-6)11(14)15/h2-5H,1H3,(H,12,13). The molecule has 0 bridgehead atoms. The second-order valence-corrected chi connectivity index (χ2v) is 2.71. The molecule has 0 aromatic heterocycles. The predicted octanol–water partition coefficient (Wildman–Crippen LogP) is 1.39. The van der Waals surface area contributed by atoms with Gasteiger partial charge in [-0.25, -0.2) is 9.79 Å². The Morgan fingerprint density at radius 1 is 1.62 bits per heavy atom. The van der Waals surface area contributed by atoms with Gasteiger partial charge in [0.1, 0.15) is 17.7 Å². The lowest BCUT2D eigenvalue weighted by atomic mass is 10.2. The Hall–Kier alpha value is -2.44. The summed E-state index contributed by atoms with van der Waals surface area (Å²) in [5.41, 5.74) is -0.343. The Labute approximate surface area is 90.1 Å². The van der Waals surface area contributed by atoms with Crippen LogP contribution in [0, 0.1) is 10.1 Å². The van der Waals surface area contributed by atoms with Gasteiger partial charge in [-0.2, -0.15) is 0 Å². The van der Waals surface area contributed by atoms with Crippen molar-refractivity contribution in [2.24, 2.45) is 4.99 Å². The zero-order valence-electron chi connectivity index (χ0n) is 8.28. The van der Waals surface area contributed by atoms with Gasteiger partial charge in [0.15, 0.2) is 0 Å². The smallest absolute Gasteiger partial charge is 0.346 e. The van der Waals surface area contributed by atoms with Crippen LogP contribution in [0.1, 0.15) is 0 Å². The van der Waals surface area contributed by atoms with Crippen LogP contribution in [0.3, 0.4) is 0 Å². The van der Waals surface area contributed by atoms with Crippen LogP contribution in [0.25, 0.3) is 0 Å².